The van der Waals surface area contributed by atoms with Crippen molar-refractivity contribution in [2.45, 2.75) is 38.4 Å². The van der Waals surface area contributed by atoms with Gasteiger partial charge in [-0.3, -0.25) is 0 Å². The first-order valence-electron chi connectivity index (χ1n) is 6.24. The Morgan fingerprint density at radius 3 is 2.53 bits per heavy atom. The molecule has 17 heavy (non-hydrogen) atoms. The van der Waals surface area contributed by atoms with Gasteiger partial charge in [-0.2, -0.15) is 0 Å². The van der Waals surface area contributed by atoms with E-state index in [1.807, 2.05) is 31.2 Å². The summed E-state index contributed by atoms with van der Waals surface area (Å²) in [6.07, 6.45) is 2.70. The normalized spacial score (nSPS) is 19.0. The number of halogens is 1. The van der Waals surface area contributed by atoms with Crippen LogP contribution in [0.1, 0.15) is 25.3 Å². The van der Waals surface area contributed by atoms with Crippen LogP contribution in [0.25, 0.3) is 0 Å². The summed E-state index contributed by atoms with van der Waals surface area (Å²) in [6, 6.07) is 8.11. The summed E-state index contributed by atoms with van der Waals surface area (Å²) in [5.41, 5.74) is 1.16. The first-order valence-corrected chi connectivity index (χ1v) is 7.04. The number of hydrogen-bond donors (Lipinski definition) is 1. The van der Waals surface area contributed by atoms with Crippen LogP contribution in [0.3, 0.4) is 0 Å². The van der Waals surface area contributed by atoms with Crippen LogP contribution in [0.5, 0.6) is 0 Å². The van der Waals surface area contributed by atoms with Crippen molar-refractivity contribution in [2.24, 2.45) is 5.92 Å². The minimum atomic E-state index is -0.386. The molecule has 1 aliphatic carbocycles. The van der Waals surface area contributed by atoms with E-state index in [1.165, 1.54) is 12.8 Å². The Hall–Kier alpha value is -0.380. The van der Waals surface area contributed by atoms with Crippen molar-refractivity contribution < 1.29 is 9.84 Å². The molecule has 0 aliphatic heterocycles. The fourth-order valence-corrected chi connectivity index (χ4v) is 2.42. The Bertz CT molecular complexity index is 346. The highest BCUT2D eigenvalue weighted by atomic mass is 79.9. The molecule has 0 saturated heterocycles. The Balaban J connectivity index is 1.94. The molecule has 0 amide bonds. The van der Waals surface area contributed by atoms with Crippen LogP contribution < -0.4 is 0 Å². The predicted octanol–water partition coefficient (Wildman–Crippen LogP) is 3.17. The summed E-state index contributed by atoms with van der Waals surface area (Å²) in [5.74, 6) is 0.570. The average molecular weight is 299 g/mol. The molecule has 0 aromatic heterocycles. The number of hydrogen-bond acceptors (Lipinski definition) is 2. The fourth-order valence-electron chi connectivity index (χ4n) is 2.16. The SMILES string of the molecule is CCOC(C(O)Cc1ccc(Br)cc1)C1CC1. The highest BCUT2D eigenvalue weighted by molar-refractivity contribution is 9.10. The minimum absolute atomic E-state index is 0.0173. The molecule has 2 unspecified atom stereocenters. The lowest BCUT2D eigenvalue weighted by Gasteiger charge is -2.22. The molecule has 2 rings (SSSR count). The Morgan fingerprint density at radius 1 is 1.35 bits per heavy atom. The third kappa shape index (κ3) is 3.80. The summed E-state index contributed by atoms with van der Waals surface area (Å²) in [6.45, 7) is 2.67. The van der Waals surface area contributed by atoms with Gasteiger partial charge >= 0.3 is 0 Å². The van der Waals surface area contributed by atoms with Gasteiger partial charge in [-0.05, 0) is 43.4 Å². The largest absolute Gasteiger partial charge is 0.390 e. The number of rotatable bonds is 6. The highest BCUT2D eigenvalue weighted by Crippen LogP contribution is 2.36. The van der Waals surface area contributed by atoms with Crippen molar-refractivity contribution in [2.75, 3.05) is 6.61 Å². The first-order chi connectivity index (χ1) is 8.20. The van der Waals surface area contributed by atoms with E-state index in [4.69, 9.17) is 4.74 Å². The molecule has 1 fully saturated rings. The Labute approximate surface area is 111 Å². The average Bonchev–Trinajstić information content (AvgIpc) is 3.13. The third-order valence-electron chi connectivity index (χ3n) is 3.18. The maximum atomic E-state index is 10.2. The molecule has 1 aromatic carbocycles. The van der Waals surface area contributed by atoms with Crippen LogP contribution in [0, 0.1) is 5.92 Å². The summed E-state index contributed by atoms with van der Waals surface area (Å²) in [4.78, 5) is 0. The van der Waals surface area contributed by atoms with Crippen LogP contribution in [-0.2, 0) is 11.2 Å². The summed E-state index contributed by atoms with van der Waals surface area (Å²) >= 11 is 3.41. The Kier molecular flexibility index (Phi) is 4.60. The van der Waals surface area contributed by atoms with Gasteiger partial charge in [0, 0.05) is 17.5 Å². The minimum Gasteiger partial charge on any atom is -0.390 e. The molecular weight excluding hydrogens is 280 g/mol. The number of benzene rings is 1. The smallest absolute Gasteiger partial charge is 0.0865 e. The van der Waals surface area contributed by atoms with Crippen molar-refractivity contribution in [1.82, 2.24) is 0 Å². The van der Waals surface area contributed by atoms with E-state index in [0.29, 0.717) is 18.9 Å². The maximum Gasteiger partial charge on any atom is 0.0865 e. The summed E-state index contributed by atoms with van der Waals surface area (Å²) in [5, 5.41) is 10.2. The lowest BCUT2D eigenvalue weighted by molar-refractivity contribution is -0.0439. The van der Waals surface area contributed by atoms with Gasteiger partial charge in [0.25, 0.3) is 0 Å². The fraction of sp³-hybridized carbons (Fsp3) is 0.571. The molecule has 0 spiro atoms. The molecule has 0 bridgehead atoms. The van der Waals surface area contributed by atoms with Crippen molar-refractivity contribution in [3.63, 3.8) is 0 Å². The maximum absolute atomic E-state index is 10.2. The molecule has 3 heteroatoms. The van der Waals surface area contributed by atoms with Crippen molar-refractivity contribution in [1.29, 1.82) is 0 Å². The van der Waals surface area contributed by atoms with Crippen molar-refractivity contribution in [3.8, 4) is 0 Å². The van der Waals surface area contributed by atoms with Crippen molar-refractivity contribution in [3.05, 3.63) is 34.3 Å². The van der Waals surface area contributed by atoms with Crippen LogP contribution in [0.2, 0.25) is 0 Å². The molecule has 94 valence electrons. The van der Waals surface area contributed by atoms with E-state index in [0.717, 1.165) is 10.0 Å². The molecule has 1 aliphatic rings. The number of aliphatic hydroxyl groups excluding tert-OH is 1. The van der Waals surface area contributed by atoms with E-state index in [-0.39, 0.29) is 12.2 Å². The van der Waals surface area contributed by atoms with Gasteiger partial charge < -0.3 is 9.84 Å². The number of aliphatic hydroxyl groups is 1. The second kappa shape index (κ2) is 5.98. The van der Waals surface area contributed by atoms with E-state index in [2.05, 4.69) is 15.9 Å². The molecular formula is C14H19BrO2. The van der Waals surface area contributed by atoms with Gasteiger partial charge in [0.1, 0.15) is 0 Å². The zero-order valence-electron chi connectivity index (χ0n) is 10.1. The van der Waals surface area contributed by atoms with E-state index in [9.17, 15) is 5.11 Å². The van der Waals surface area contributed by atoms with Crippen LogP contribution in [-0.4, -0.2) is 23.9 Å². The second-order valence-electron chi connectivity index (χ2n) is 4.66. The number of ether oxygens (including phenoxy) is 1. The first kappa shape index (κ1) is 13.1. The van der Waals surface area contributed by atoms with Crippen molar-refractivity contribution >= 4 is 15.9 Å². The molecule has 1 aromatic rings. The monoisotopic (exact) mass is 298 g/mol. The van der Waals surface area contributed by atoms with Gasteiger partial charge in [-0.1, -0.05) is 28.1 Å². The molecule has 1 saturated carbocycles. The van der Waals surface area contributed by atoms with E-state index in [1.54, 1.807) is 0 Å². The molecule has 0 radical (unpaired) electrons. The lowest BCUT2D eigenvalue weighted by Crippen LogP contribution is -2.32. The van der Waals surface area contributed by atoms with Gasteiger partial charge in [-0.15, -0.1) is 0 Å². The van der Waals surface area contributed by atoms with Crippen LogP contribution in [0.15, 0.2) is 28.7 Å². The lowest BCUT2D eigenvalue weighted by atomic mass is 10.0. The quantitative estimate of drug-likeness (QED) is 0.874. The predicted molar refractivity (Wildman–Crippen MR) is 72.0 cm³/mol. The topological polar surface area (TPSA) is 29.5 Å². The summed E-state index contributed by atoms with van der Waals surface area (Å²) < 4.78 is 6.73. The van der Waals surface area contributed by atoms with Gasteiger partial charge in [-0.25, -0.2) is 0 Å². The van der Waals surface area contributed by atoms with E-state index < -0.39 is 0 Å². The highest BCUT2D eigenvalue weighted by Gasteiger charge is 2.36. The standard InChI is InChI=1S/C14H19BrO2/c1-2-17-14(11-5-6-11)13(16)9-10-3-7-12(15)8-4-10/h3-4,7-8,11,13-14,16H,2,5-6,9H2,1H3. The third-order valence-corrected chi connectivity index (χ3v) is 3.71. The van der Waals surface area contributed by atoms with Gasteiger partial charge in [0.2, 0.25) is 0 Å². The van der Waals surface area contributed by atoms with Crippen LogP contribution >= 0.6 is 15.9 Å². The van der Waals surface area contributed by atoms with Gasteiger partial charge in [0.05, 0.1) is 12.2 Å². The molecule has 1 N–H and O–H groups in total. The molecule has 2 nitrogen and oxygen atoms in total. The zero-order valence-corrected chi connectivity index (χ0v) is 11.7. The van der Waals surface area contributed by atoms with Gasteiger partial charge in [0.15, 0.2) is 0 Å². The van der Waals surface area contributed by atoms with E-state index >= 15 is 0 Å². The van der Waals surface area contributed by atoms with Crippen LogP contribution in [0.4, 0.5) is 0 Å². The Morgan fingerprint density at radius 2 is 2.00 bits per heavy atom. The molecule has 0 heterocycles. The zero-order chi connectivity index (χ0) is 12.3. The second-order valence-corrected chi connectivity index (χ2v) is 5.57. The summed E-state index contributed by atoms with van der Waals surface area (Å²) in [7, 11) is 0. The molecule has 2 atom stereocenters.